The first-order chi connectivity index (χ1) is 14.6. The molecule has 1 N–H and O–H groups in total. The van der Waals surface area contributed by atoms with E-state index in [0.717, 1.165) is 42.8 Å². The van der Waals surface area contributed by atoms with Crippen molar-refractivity contribution < 1.29 is 9.59 Å². The molecule has 3 aromatic rings. The van der Waals surface area contributed by atoms with Crippen LogP contribution in [0.1, 0.15) is 47.8 Å². The molecule has 2 amide bonds. The Morgan fingerprint density at radius 2 is 1.77 bits per heavy atom. The Morgan fingerprint density at radius 3 is 2.40 bits per heavy atom. The minimum absolute atomic E-state index is 0.131. The number of hydrogen-bond acceptors (Lipinski definition) is 5. The topological polar surface area (TPSA) is 75.2 Å². The summed E-state index contributed by atoms with van der Waals surface area (Å²) in [7, 11) is 0. The van der Waals surface area contributed by atoms with E-state index < -0.39 is 6.04 Å². The van der Waals surface area contributed by atoms with Crippen molar-refractivity contribution in [2.75, 3.05) is 4.90 Å². The Bertz CT molecular complexity index is 990. The monoisotopic (exact) mass is 440 g/mol. The van der Waals surface area contributed by atoms with Crippen LogP contribution in [0.4, 0.5) is 5.69 Å². The van der Waals surface area contributed by atoms with Gasteiger partial charge in [-0.05, 0) is 54.2 Å². The maximum atomic E-state index is 13.5. The van der Waals surface area contributed by atoms with Gasteiger partial charge < -0.3 is 5.32 Å². The summed E-state index contributed by atoms with van der Waals surface area (Å²) in [4.78, 5) is 28.4. The molecule has 0 unspecified atom stereocenters. The largest absolute Gasteiger partial charge is 0.351 e. The summed E-state index contributed by atoms with van der Waals surface area (Å²) in [5.41, 5.74) is 1.48. The summed E-state index contributed by atoms with van der Waals surface area (Å²) in [5.74, 6) is -0.596. The number of carbonyl (C=O) groups is 2. The third kappa shape index (κ3) is 4.52. The summed E-state index contributed by atoms with van der Waals surface area (Å²) in [5, 5.41) is 9.22. The molecule has 30 heavy (non-hydrogen) atoms. The van der Waals surface area contributed by atoms with Crippen molar-refractivity contribution >= 4 is 40.6 Å². The molecule has 1 fully saturated rings. The molecule has 6 nitrogen and oxygen atoms in total. The zero-order valence-electron chi connectivity index (χ0n) is 16.2. The number of carbonyl (C=O) groups excluding carboxylic acids is 2. The van der Waals surface area contributed by atoms with Crippen LogP contribution < -0.4 is 10.2 Å². The number of amides is 2. The molecule has 1 aliphatic carbocycles. The third-order valence-corrected chi connectivity index (χ3v) is 5.98. The van der Waals surface area contributed by atoms with Crippen LogP contribution in [0.2, 0.25) is 5.02 Å². The molecule has 4 rings (SSSR count). The molecule has 1 aliphatic rings. The van der Waals surface area contributed by atoms with Crippen molar-refractivity contribution in [3.8, 4) is 0 Å². The van der Waals surface area contributed by atoms with Gasteiger partial charge in [-0.15, -0.1) is 5.10 Å². The highest BCUT2D eigenvalue weighted by atomic mass is 35.5. The molecular weight excluding hydrogens is 420 g/mol. The summed E-state index contributed by atoms with van der Waals surface area (Å²) in [6.07, 6.45) is 4.12. The third-order valence-electron chi connectivity index (χ3n) is 5.23. The van der Waals surface area contributed by atoms with Crippen molar-refractivity contribution in [3.05, 3.63) is 76.3 Å². The van der Waals surface area contributed by atoms with Gasteiger partial charge in [-0.1, -0.05) is 59.3 Å². The first-order valence-corrected chi connectivity index (χ1v) is 11.1. The van der Waals surface area contributed by atoms with E-state index in [1.54, 1.807) is 29.6 Å². The minimum Gasteiger partial charge on any atom is -0.351 e. The van der Waals surface area contributed by atoms with E-state index in [9.17, 15) is 9.59 Å². The summed E-state index contributed by atoms with van der Waals surface area (Å²) >= 11 is 7.16. The number of hydrogen-bond donors (Lipinski definition) is 1. The molecule has 1 saturated carbocycles. The molecular formula is C22H21ClN4O2S. The van der Waals surface area contributed by atoms with E-state index in [2.05, 4.69) is 14.9 Å². The highest BCUT2D eigenvalue weighted by Gasteiger charge is 2.35. The Kier molecular flexibility index (Phi) is 6.40. The molecule has 154 valence electrons. The van der Waals surface area contributed by atoms with Crippen LogP contribution in [0.25, 0.3) is 0 Å². The van der Waals surface area contributed by atoms with E-state index >= 15 is 0 Å². The Labute approximate surface area is 184 Å². The van der Waals surface area contributed by atoms with Gasteiger partial charge in [-0.3, -0.25) is 14.5 Å². The first kappa shape index (κ1) is 20.5. The molecule has 0 radical (unpaired) electrons. The molecule has 0 bridgehead atoms. The van der Waals surface area contributed by atoms with Crippen molar-refractivity contribution in [1.29, 1.82) is 0 Å². The molecule has 1 heterocycles. The van der Waals surface area contributed by atoms with Gasteiger partial charge in [0.25, 0.3) is 5.91 Å². The molecule has 0 saturated heterocycles. The summed E-state index contributed by atoms with van der Waals surface area (Å²) in [6.45, 7) is 0. The molecule has 0 spiro atoms. The number of benzene rings is 2. The predicted octanol–water partition coefficient (Wildman–Crippen LogP) is 4.64. The Hall–Kier alpha value is -2.77. The van der Waals surface area contributed by atoms with Crippen molar-refractivity contribution in [2.24, 2.45) is 0 Å². The first-order valence-electron chi connectivity index (χ1n) is 9.85. The van der Waals surface area contributed by atoms with E-state index in [4.69, 9.17) is 11.6 Å². The van der Waals surface area contributed by atoms with Gasteiger partial charge in [0, 0.05) is 22.1 Å². The van der Waals surface area contributed by atoms with Gasteiger partial charge in [0.2, 0.25) is 5.91 Å². The van der Waals surface area contributed by atoms with E-state index in [1.165, 1.54) is 4.90 Å². The Morgan fingerprint density at radius 1 is 1.07 bits per heavy atom. The van der Waals surface area contributed by atoms with Gasteiger partial charge in [-0.2, -0.15) is 0 Å². The highest BCUT2D eigenvalue weighted by Crippen LogP contribution is 2.31. The van der Waals surface area contributed by atoms with E-state index in [0.29, 0.717) is 10.7 Å². The summed E-state index contributed by atoms with van der Waals surface area (Å²) in [6, 6.07) is 15.5. The molecule has 1 aromatic heterocycles. The van der Waals surface area contributed by atoms with Crippen LogP contribution in [0.15, 0.2) is 60.0 Å². The minimum atomic E-state index is -0.845. The number of nitrogens with one attached hydrogen (secondary N) is 1. The maximum Gasteiger partial charge on any atom is 0.280 e. The van der Waals surface area contributed by atoms with Gasteiger partial charge >= 0.3 is 0 Å². The molecule has 1 atom stereocenters. The SMILES string of the molecule is O=C(NC1CCCC1)[C@@H](c1ccccc1)N(C(=O)c1csnn1)c1ccc(Cl)cc1. The fourth-order valence-corrected chi connectivity index (χ4v) is 4.33. The number of aromatic nitrogens is 2. The second-order valence-corrected chi connectivity index (χ2v) is 8.29. The van der Waals surface area contributed by atoms with Crippen molar-refractivity contribution in [2.45, 2.75) is 37.8 Å². The van der Waals surface area contributed by atoms with Gasteiger partial charge in [0.05, 0.1) is 0 Å². The maximum absolute atomic E-state index is 13.5. The van der Waals surface area contributed by atoms with Crippen LogP contribution >= 0.6 is 23.1 Å². The number of halogens is 1. The van der Waals surface area contributed by atoms with E-state index in [-0.39, 0.29) is 23.6 Å². The standard InChI is InChI=1S/C22H21ClN4O2S/c23-16-10-12-18(13-11-16)27(22(29)19-14-30-26-25-19)20(15-6-2-1-3-7-15)21(28)24-17-8-4-5-9-17/h1-3,6-7,10-14,17,20H,4-5,8-9H2,(H,24,28)/t20-/m1/s1. The smallest absolute Gasteiger partial charge is 0.280 e. The second-order valence-electron chi connectivity index (χ2n) is 7.24. The molecule has 0 aliphatic heterocycles. The highest BCUT2D eigenvalue weighted by molar-refractivity contribution is 7.03. The summed E-state index contributed by atoms with van der Waals surface area (Å²) < 4.78 is 3.82. The lowest BCUT2D eigenvalue weighted by Crippen LogP contribution is -2.46. The number of rotatable bonds is 6. The molecule has 2 aromatic carbocycles. The van der Waals surface area contributed by atoms with Crippen LogP contribution in [-0.2, 0) is 4.79 Å². The van der Waals surface area contributed by atoms with Crippen LogP contribution in [0, 0.1) is 0 Å². The van der Waals surface area contributed by atoms with Gasteiger partial charge in [0.15, 0.2) is 5.69 Å². The number of nitrogens with zero attached hydrogens (tertiary/aromatic N) is 3. The second kappa shape index (κ2) is 9.36. The lowest BCUT2D eigenvalue weighted by atomic mass is 10.0. The van der Waals surface area contributed by atoms with Crippen LogP contribution in [0.3, 0.4) is 0 Å². The van der Waals surface area contributed by atoms with Crippen molar-refractivity contribution in [3.63, 3.8) is 0 Å². The zero-order valence-corrected chi connectivity index (χ0v) is 17.8. The van der Waals surface area contributed by atoms with Crippen molar-refractivity contribution in [1.82, 2.24) is 14.9 Å². The zero-order chi connectivity index (χ0) is 20.9. The average molecular weight is 441 g/mol. The lowest BCUT2D eigenvalue weighted by molar-refractivity contribution is -0.123. The lowest BCUT2D eigenvalue weighted by Gasteiger charge is -2.31. The van der Waals surface area contributed by atoms with Crippen LogP contribution in [-0.4, -0.2) is 27.4 Å². The predicted molar refractivity (Wildman–Crippen MR) is 118 cm³/mol. The molecule has 8 heteroatoms. The number of anilines is 1. The van der Waals surface area contributed by atoms with Gasteiger partial charge in [-0.25, -0.2) is 0 Å². The van der Waals surface area contributed by atoms with E-state index in [1.807, 2.05) is 30.3 Å². The quantitative estimate of drug-likeness (QED) is 0.606. The van der Waals surface area contributed by atoms with Crippen LogP contribution in [0.5, 0.6) is 0 Å². The van der Waals surface area contributed by atoms with Gasteiger partial charge in [0.1, 0.15) is 6.04 Å². The average Bonchev–Trinajstić information content (AvgIpc) is 3.47. The fourth-order valence-electron chi connectivity index (χ4n) is 3.77. The Balaban J connectivity index is 1.78. The normalized spacial score (nSPS) is 15.0. The fraction of sp³-hybridized carbons (Fsp3) is 0.273.